The molecule has 0 spiro atoms. The lowest BCUT2D eigenvalue weighted by atomic mass is 10.1. The zero-order chi connectivity index (χ0) is 16.1. The van der Waals surface area contributed by atoms with Crippen molar-refractivity contribution in [1.29, 1.82) is 5.26 Å². The lowest BCUT2D eigenvalue weighted by Gasteiger charge is -2.19. The number of hydrogen-bond acceptors (Lipinski definition) is 3. The zero-order valence-corrected chi connectivity index (χ0v) is 13.1. The molecule has 1 amide bonds. The predicted molar refractivity (Wildman–Crippen MR) is 89.0 cm³/mol. The first-order valence-electron chi connectivity index (χ1n) is 8.08. The van der Waals surface area contributed by atoms with Crippen molar-refractivity contribution >= 4 is 16.7 Å². The van der Waals surface area contributed by atoms with Gasteiger partial charge < -0.3 is 9.64 Å². The summed E-state index contributed by atoms with van der Waals surface area (Å²) in [6.07, 6.45) is 2.50. The number of hydrogen-bond donors (Lipinski definition) is 0. The second-order valence-corrected chi connectivity index (χ2v) is 5.83. The molecule has 1 aliphatic heterocycles. The smallest absolute Gasteiger partial charge is 0.240 e. The van der Waals surface area contributed by atoms with Gasteiger partial charge in [0.15, 0.2) is 0 Å². The molecule has 2 aromatic rings. The van der Waals surface area contributed by atoms with Gasteiger partial charge in [-0.1, -0.05) is 36.4 Å². The van der Waals surface area contributed by atoms with Crippen LogP contribution in [-0.2, 0) is 4.79 Å². The number of nitrogens with zero attached hydrogens (tertiary/aromatic N) is 2. The normalized spacial score (nSPS) is 15.3. The first-order chi connectivity index (χ1) is 11.3. The van der Waals surface area contributed by atoms with E-state index in [1.807, 2.05) is 42.5 Å². The number of likely N-dealkylation sites (tertiary alicyclic amines) is 1. The Morgan fingerprint density at radius 1 is 1.17 bits per heavy atom. The van der Waals surface area contributed by atoms with Crippen LogP contribution in [0.15, 0.2) is 42.5 Å². The summed E-state index contributed by atoms with van der Waals surface area (Å²) in [5.74, 6) is 0.142. The van der Waals surface area contributed by atoms with Crippen molar-refractivity contribution in [2.24, 2.45) is 5.92 Å². The number of rotatable bonds is 5. The van der Waals surface area contributed by atoms with E-state index in [-0.39, 0.29) is 5.91 Å². The van der Waals surface area contributed by atoms with Crippen molar-refractivity contribution in [3.05, 3.63) is 42.5 Å². The van der Waals surface area contributed by atoms with Crippen LogP contribution in [0.4, 0.5) is 0 Å². The molecule has 0 saturated carbocycles. The Balaban J connectivity index is 1.61. The van der Waals surface area contributed by atoms with Gasteiger partial charge >= 0.3 is 0 Å². The first kappa shape index (κ1) is 15.4. The highest BCUT2D eigenvalue weighted by Crippen LogP contribution is 2.25. The van der Waals surface area contributed by atoms with Crippen molar-refractivity contribution in [3.63, 3.8) is 0 Å². The van der Waals surface area contributed by atoms with Crippen LogP contribution in [0.2, 0.25) is 0 Å². The minimum atomic E-state index is -0.608. The van der Waals surface area contributed by atoms with Crippen LogP contribution in [-0.4, -0.2) is 30.5 Å². The number of amides is 1. The summed E-state index contributed by atoms with van der Waals surface area (Å²) in [5, 5.41) is 11.4. The summed E-state index contributed by atoms with van der Waals surface area (Å²) in [6, 6.07) is 16.1. The molecule has 118 valence electrons. The molecule has 0 aromatic heterocycles. The number of fused-ring (bicyclic) bond motifs is 1. The molecule has 0 N–H and O–H groups in total. The van der Waals surface area contributed by atoms with Gasteiger partial charge in [0, 0.05) is 24.9 Å². The Kier molecular flexibility index (Phi) is 4.77. The molecule has 1 aliphatic rings. The second kappa shape index (κ2) is 7.15. The van der Waals surface area contributed by atoms with Gasteiger partial charge in [0.2, 0.25) is 5.91 Å². The van der Waals surface area contributed by atoms with E-state index in [1.54, 1.807) is 4.90 Å². The highest BCUT2D eigenvalue weighted by molar-refractivity contribution is 5.88. The molecule has 4 heteroatoms. The van der Waals surface area contributed by atoms with Crippen LogP contribution >= 0.6 is 0 Å². The van der Waals surface area contributed by atoms with Gasteiger partial charge in [-0.2, -0.15) is 5.26 Å². The maximum absolute atomic E-state index is 12.3. The van der Waals surface area contributed by atoms with Crippen molar-refractivity contribution in [2.75, 3.05) is 19.7 Å². The SMILES string of the molecule is N#CC(CCOc1cccc2ccccc12)C(=O)N1CCCC1. The number of benzene rings is 2. The molecule has 3 rings (SSSR count). The number of ether oxygens (including phenoxy) is 1. The fourth-order valence-corrected chi connectivity index (χ4v) is 3.01. The third-order valence-electron chi connectivity index (χ3n) is 4.29. The van der Waals surface area contributed by atoms with E-state index in [4.69, 9.17) is 4.74 Å². The standard InChI is InChI=1S/C19H20N2O2/c20-14-16(19(22)21-11-3-4-12-21)10-13-23-18-9-5-7-15-6-1-2-8-17(15)18/h1-2,5-9,16H,3-4,10-13H2. The van der Waals surface area contributed by atoms with Crippen molar-refractivity contribution < 1.29 is 9.53 Å². The highest BCUT2D eigenvalue weighted by Gasteiger charge is 2.26. The molecule has 0 aliphatic carbocycles. The predicted octanol–water partition coefficient (Wildman–Crippen LogP) is 3.37. The lowest BCUT2D eigenvalue weighted by molar-refractivity contribution is -0.133. The largest absolute Gasteiger partial charge is 0.493 e. The van der Waals surface area contributed by atoms with Crippen molar-refractivity contribution in [1.82, 2.24) is 4.90 Å². The van der Waals surface area contributed by atoms with Gasteiger partial charge in [0.25, 0.3) is 0 Å². The summed E-state index contributed by atoms with van der Waals surface area (Å²) >= 11 is 0. The van der Waals surface area contributed by atoms with Gasteiger partial charge in [-0.05, 0) is 24.3 Å². The molecule has 2 aromatic carbocycles. The zero-order valence-electron chi connectivity index (χ0n) is 13.1. The van der Waals surface area contributed by atoms with Crippen molar-refractivity contribution in [3.8, 4) is 11.8 Å². The first-order valence-corrected chi connectivity index (χ1v) is 8.08. The van der Waals surface area contributed by atoms with E-state index in [0.717, 1.165) is 42.5 Å². The van der Waals surface area contributed by atoms with Crippen LogP contribution < -0.4 is 4.74 Å². The number of carbonyl (C=O) groups is 1. The van der Waals surface area contributed by atoms with Crippen LogP contribution in [0.3, 0.4) is 0 Å². The topological polar surface area (TPSA) is 53.3 Å². The Labute approximate surface area is 136 Å². The number of nitriles is 1. The fourth-order valence-electron chi connectivity index (χ4n) is 3.01. The van der Waals surface area contributed by atoms with Crippen LogP contribution in [0, 0.1) is 17.2 Å². The fraction of sp³-hybridized carbons (Fsp3) is 0.368. The Morgan fingerprint density at radius 2 is 1.91 bits per heavy atom. The van der Waals surface area contributed by atoms with E-state index in [2.05, 4.69) is 6.07 Å². The minimum Gasteiger partial charge on any atom is -0.493 e. The molecule has 23 heavy (non-hydrogen) atoms. The van der Waals surface area contributed by atoms with Gasteiger partial charge in [0.1, 0.15) is 11.7 Å². The third kappa shape index (κ3) is 3.45. The maximum Gasteiger partial charge on any atom is 0.240 e. The Morgan fingerprint density at radius 3 is 2.70 bits per heavy atom. The number of carbonyl (C=O) groups excluding carboxylic acids is 1. The summed E-state index contributed by atoms with van der Waals surface area (Å²) < 4.78 is 5.84. The van der Waals surface area contributed by atoms with Crippen LogP contribution in [0.5, 0.6) is 5.75 Å². The molecule has 1 heterocycles. The second-order valence-electron chi connectivity index (χ2n) is 5.83. The third-order valence-corrected chi connectivity index (χ3v) is 4.29. The summed E-state index contributed by atoms with van der Waals surface area (Å²) in [5.41, 5.74) is 0. The van der Waals surface area contributed by atoms with E-state index >= 15 is 0 Å². The van der Waals surface area contributed by atoms with E-state index < -0.39 is 5.92 Å². The quantitative estimate of drug-likeness (QED) is 0.851. The van der Waals surface area contributed by atoms with Crippen LogP contribution in [0.1, 0.15) is 19.3 Å². The van der Waals surface area contributed by atoms with E-state index in [9.17, 15) is 10.1 Å². The summed E-state index contributed by atoms with van der Waals surface area (Å²) in [6.45, 7) is 1.92. The molecule has 1 fully saturated rings. The molecule has 4 nitrogen and oxygen atoms in total. The Hall–Kier alpha value is -2.54. The van der Waals surface area contributed by atoms with Crippen LogP contribution in [0.25, 0.3) is 10.8 Å². The maximum atomic E-state index is 12.3. The summed E-state index contributed by atoms with van der Waals surface area (Å²) in [4.78, 5) is 14.1. The highest BCUT2D eigenvalue weighted by atomic mass is 16.5. The van der Waals surface area contributed by atoms with Gasteiger partial charge in [-0.15, -0.1) is 0 Å². The average Bonchev–Trinajstić information content (AvgIpc) is 3.13. The average molecular weight is 308 g/mol. The van der Waals surface area contributed by atoms with Gasteiger partial charge in [-0.3, -0.25) is 4.79 Å². The van der Waals surface area contributed by atoms with Crippen molar-refractivity contribution in [2.45, 2.75) is 19.3 Å². The van der Waals surface area contributed by atoms with Gasteiger partial charge in [-0.25, -0.2) is 0 Å². The molecule has 1 unspecified atom stereocenters. The van der Waals surface area contributed by atoms with Gasteiger partial charge in [0.05, 0.1) is 12.7 Å². The molecular weight excluding hydrogens is 288 g/mol. The lowest BCUT2D eigenvalue weighted by Crippen LogP contribution is -2.33. The summed E-state index contributed by atoms with van der Waals surface area (Å²) in [7, 11) is 0. The monoisotopic (exact) mass is 308 g/mol. The molecule has 1 atom stereocenters. The minimum absolute atomic E-state index is 0.0495. The Bertz CT molecular complexity index is 724. The van der Waals surface area contributed by atoms with E-state index in [1.165, 1.54) is 0 Å². The molecular formula is C19H20N2O2. The molecule has 1 saturated heterocycles. The molecule has 0 radical (unpaired) electrons. The van der Waals surface area contributed by atoms with E-state index in [0.29, 0.717) is 13.0 Å². The molecule has 0 bridgehead atoms.